The predicted molar refractivity (Wildman–Crippen MR) is 153 cm³/mol. The summed E-state index contributed by atoms with van der Waals surface area (Å²) in [5.41, 5.74) is -0.650. The van der Waals surface area contributed by atoms with E-state index in [4.69, 9.17) is 19.2 Å². The van der Waals surface area contributed by atoms with Crippen molar-refractivity contribution in [1.29, 1.82) is 0 Å². The number of hydrogen-bond acceptors (Lipinski definition) is 8. The topological polar surface area (TPSA) is 102 Å². The van der Waals surface area contributed by atoms with Crippen molar-refractivity contribution in [2.75, 3.05) is 43.8 Å². The highest BCUT2D eigenvalue weighted by Crippen LogP contribution is 2.49. The van der Waals surface area contributed by atoms with Crippen molar-refractivity contribution in [2.24, 2.45) is 17.8 Å². The SMILES string of the molecule is COc1ccc2nc(N3C4COCC3COC4)sc2c1C(=O)N[C@@H]1[C@H]2CC[C@H](C2)[C@@H]1C(=O)Nc1ccc(F)c(C(F)(F)F)c1. The minimum atomic E-state index is -4.90. The van der Waals surface area contributed by atoms with E-state index in [0.717, 1.165) is 24.0 Å². The van der Waals surface area contributed by atoms with E-state index >= 15 is 0 Å². The van der Waals surface area contributed by atoms with Crippen molar-refractivity contribution in [3.8, 4) is 5.75 Å². The Morgan fingerprint density at radius 1 is 1.05 bits per heavy atom. The number of morpholine rings is 2. The van der Waals surface area contributed by atoms with Crippen molar-refractivity contribution >= 4 is 44.2 Å². The fourth-order valence-electron chi connectivity index (χ4n) is 7.31. The number of thiazole rings is 1. The molecule has 0 spiro atoms. The van der Waals surface area contributed by atoms with Crippen LogP contribution in [0.4, 0.5) is 28.4 Å². The summed E-state index contributed by atoms with van der Waals surface area (Å²) >= 11 is 1.39. The molecule has 0 radical (unpaired) electrons. The molecule has 234 valence electrons. The summed E-state index contributed by atoms with van der Waals surface area (Å²) in [4.78, 5) is 34.6. The van der Waals surface area contributed by atoms with E-state index in [1.165, 1.54) is 18.4 Å². The number of anilines is 2. The van der Waals surface area contributed by atoms with Crippen LogP contribution in [0.25, 0.3) is 10.2 Å². The molecule has 9 nitrogen and oxygen atoms in total. The number of rotatable bonds is 6. The third-order valence-corrected chi connectivity index (χ3v) is 10.4. The molecule has 4 bridgehead atoms. The molecule has 2 amide bonds. The fourth-order valence-corrected chi connectivity index (χ4v) is 8.56. The number of alkyl halides is 3. The first-order chi connectivity index (χ1) is 21.1. The first-order valence-corrected chi connectivity index (χ1v) is 15.3. The second-order valence-corrected chi connectivity index (χ2v) is 12.8. The van der Waals surface area contributed by atoms with Crippen molar-refractivity contribution in [2.45, 2.75) is 43.6 Å². The van der Waals surface area contributed by atoms with Crippen molar-refractivity contribution in [1.82, 2.24) is 10.3 Å². The van der Waals surface area contributed by atoms with E-state index in [9.17, 15) is 27.2 Å². The van der Waals surface area contributed by atoms with Gasteiger partial charge in [0.15, 0.2) is 5.13 Å². The van der Waals surface area contributed by atoms with E-state index in [1.54, 1.807) is 6.07 Å². The third kappa shape index (κ3) is 5.06. The number of aromatic nitrogens is 1. The highest BCUT2D eigenvalue weighted by molar-refractivity contribution is 7.22. The molecule has 7 rings (SSSR count). The van der Waals surface area contributed by atoms with Crippen LogP contribution in [0.5, 0.6) is 5.75 Å². The van der Waals surface area contributed by atoms with Gasteiger partial charge in [-0.05, 0) is 61.4 Å². The molecule has 2 saturated heterocycles. The van der Waals surface area contributed by atoms with E-state index in [-0.39, 0.29) is 29.6 Å². The molecule has 2 aliphatic carbocycles. The normalized spacial score (nSPS) is 27.9. The zero-order valence-electron chi connectivity index (χ0n) is 23.7. The lowest BCUT2D eigenvalue weighted by Gasteiger charge is -2.45. The Morgan fingerprint density at radius 2 is 1.75 bits per heavy atom. The van der Waals surface area contributed by atoms with Crippen LogP contribution in [-0.4, -0.2) is 68.5 Å². The summed E-state index contributed by atoms with van der Waals surface area (Å²) in [5.74, 6) is -2.63. The highest BCUT2D eigenvalue weighted by atomic mass is 32.1. The Kier molecular flexibility index (Phi) is 7.40. The number of nitrogens with one attached hydrogen (secondary N) is 2. The lowest BCUT2D eigenvalue weighted by molar-refractivity contribution is -0.140. The van der Waals surface area contributed by atoms with Crippen molar-refractivity contribution in [3.63, 3.8) is 0 Å². The second-order valence-electron chi connectivity index (χ2n) is 11.8. The summed E-state index contributed by atoms with van der Waals surface area (Å²) in [6.45, 7) is 2.08. The van der Waals surface area contributed by atoms with Gasteiger partial charge in [-0.3, -0.25) is 9.59 Å². The van der Waals surface area contributed by atoms with Gasteiger partial charge in [0.05, 0.1) is 67.3 Å². The summed E-state index contributed by atoms with van der Waals surface area (Å²) < 4.78 is 71.3. The summed E-state index contributed by atoms with van der Waals surface area (Å²) in [6, 6.07) is 5.39. The molecule has 4 fully saturated rings. The minimum absolute atomic E-state index is 0.0175. The molecule has 2 saturated carbocycles. The first kappa shape index (κ1) is 29.2. The Hall–Kier alpha value is -3.49. The number of carbonyl (C=O) groups excluding carboxylic acids is 2. The molecule has 3 heterocycles. The molecular weight excluding hydrogens is 604 g/mol. The van der Waals surface area contributed by atoms with Crippen LogP contribution in [0.2, 0.25) is 0 Å². The summed E-state index contributed by atoms with van der Waals surface area (Å²) in [5, 5.41) is 6.40. The number of hydrogen-bond donors (Lipinski definition) is 2. The first-order valence-electron chi connectivity index (χ1n) is 14.5. The zero-order chi connectivity index (χ0) is 30.7. The number of ether oxygens (including phenoxy) is 3. The van der Waals surface area contributed by atoms with E-state index in [1.807, 2.05) is 6.07 Å². The van der Waals surface area contributed by atoms with Crippen LogP contribution < -0.4 is 20.3 Å². The van der Waals surface area contributed by atoms with Crippen molar-refractivity contribution in [3.05, 3.63) is 47.3 Å². The van der Waals surface area contributed by atoms with Crippen LogP contribution in [-0.2, 0) is 20.4 Å². The van der Waals surface area contributed by atoms with Gasteiger partial charge in [-0.2, -0.15) is 13.2 Å². The van der Waals surface area contributed by atoms with Gasteiger partial charge >= 0.3 is 6.18 Å². The van der Waals surface area contributed by atoms with Gasteiger partial charge in [-0.1, -0.05) is 11.3 Å². The molecule has 2 aromatic carbocycles. The molecule has 1 aromatic heterocycles. The van der Waals surface area contributed by atoms with Crippen LogP contribution in [0.1, 0.15) is 35.2 Å². The third-order valence-electron chi connectivity index (χ3n) is 9.26. The van der Waals surface area contributed by atoms with Gasteiger partial charge in [-0.25, -0.2) is 9.37 Å². The molecule has 2 aliphatic heterocycles. The molecule has 14 heteroatoms. The number of methoxy groups -OCH3 is 1. The zero-order valence-corrected chi connectivity index (χ0v) is 24.5. The monoisotopic (exact) mass is 634 g/mol. The molecule has 44 heavy (non-hydrogen) atoms. The maximum Gasteiger partial charge on any atom is 0.419 e. The molecule has 0 unspecified atom stereocenters. The van der Waals surface area contributed by atoms with Gasteiger partial charge in [0.1, 0.15) is 17.1 Å². The highest BCUT2D eigenvalue weighted by Gasteiger charge is 2.52. The van der Waals surface area contributed by atoms with E-state index in [0.29, 0.717) is 66.5 Å². The van der Waals surface area contributed by atoms with Gasteiger partial charge < -0.3 is 29.7 Å². The van der Waals surface area contributed by atoms with Gasteiger partial charge in [0, 0.05) is 11.7 Å². The Morgan fingerprint density at radius 3 is 2.43 bits per heavy atom. The van der Waals surface area contributed by atoms with E-state index in [2.05, 4.69) is 15.5 Å². The van der Waals surface area contributed by atoms with Gasteiger partial charge in [0.2, 0.25) is 5.91 Å². The fraction of sp³-hybridized carbons (Fsp3) is 0.500. The summed E-state index contributed by atoms with van der Waals surface area (Å²) in [6.07, 6.45) is -2.59. The number of fused-ring (bicyclic) bond motifs is 5. The molecule has 2 N–H and O–H groups in total. The van der Waals surface area contributed by atoms with Crippen LogP contribution >= 0.6 is 11.3 Å². The number of nitrogens with zero attached hydrogens (tertiary/aromatic N) is 2. The lowest BCUT2D eigenvalue weighted by atomic mass is 9.83. The Labute approximate surface area is 253 Å². The Balaban J connectivity index is 1.16. The maximum atomic E-state index is 14.0. The number of amides is 2. The molecule has 4 atom stereocenters. The van der Waals surface area contributed by atoms with Crippen molar-refractivity contribution < 1.29 is 41.4 Å². The number of halogens is 4. The average molecular weight is 635 g/mol. The molecular formula is C30H30F4N4O5S. The second kappa shape index (κ2) is 11.1. The van der Waals surface area contributed by atoms with Crippen LogP contribution in [0, 0.1) is 23.6 Å². The lowest BCUT2D eigenvalue weighted by Crippen LogP contribution is -2.59. The summed E-state index contributed by atoms with van der Waals surface area (Å²) in [7, 11) is 1.48. The van der Waals surface area contributed by atoms with Crippen LogP contribution in [0.15, 0.2) is 30.3 Å². The van der Waals surface area contributed by atoms with Crippen LogP contribution in [0.3, 0.4) is 0 Å². The predicted octanol–water partition coefficient (Wildman–Crippen LogP) is 4.85. The standard InChI is InChI=1S/C30H30F4N4O5S/c1-41-22-7-6-21-26(44-29(36-21)38-17-10-42-12-18(38)13-43-11-17)24(22)28(40)37-25-15-3-2-14(8-15)23(25)27(39)35-16-4-5-20(31)19(9-16)30(32,33)34/h4-7,9,14-15,17-18,23,25H,2-3,8,10-13H2,1H3,(H,35,39)(H,37,40)/t14-,15+,17?,18?,23+,25-/m1/s1. The Bertz CT molecular complexity index is 1590. The smallest absolute Gasteiger partial charge is 0.419 e. The molecule has 3 aromatic rings. The number of carbonyl (C=O) groups is 2. The largest absolute Gasteiger partial charge is 0.496 e. The van der Waals surface area contributed by atoms with E-state index < -0.39 is 41.3 Å². The number of benzene rings is 2. The minimum Gasteiger partial charge on any atom is -0.496 e. The average Bonchev–Trinajstić information content (AvgIpc) is 3.71. The molecule has 4 aliphatic rings. The maximum absolute atomic E-state index is 14.0. The quantitative estimate of drug-likeness (QED) is 0.374. The van der Waals surface area contributed by atoms with Gasteiger partial charge in [0.25, 0.3) is 5.91 Å². The van der Waals surface area contributed by atoms with Gasteiger partial charge in [-0.15, -0.1) is 0 Å².